The Hall–Kier alpha value is -3.47. The normalized spacial score (nSPS) is 11.3. The lowest BCUT2D eigenvalue weighted by Crippen LogP contribution is -2.46. The van der Waals surface area contributed by atoms with Crippen LogP contribution in [0.5, 0.6) is 17.2 Å². The Kier molecular flexibility index (Phi) is 9.80. The molecular formula is C22H27N3O7S. The topological polar surface area (TPSA) is 129 Å². The number of hydrogen-bond donors (Lipinski definition) is 2. The fourth-order valence-corrected chi connectivity index (χ4v) is 3.51. The van der Waals surface area contributed by atoms with Crippen LogP contribution in [0.2, 0.25) is 0 Å². The zero-order chi connectivity index (χ0) is 24.4. The van der Waals surface area contributed by atoms with E-state index in [1.165, 1.54) is 57.4 Å². The highest BCUT2D eigenvalue weighted by molar-refractivity contribution is 7.98. The Morgan fingerprint density at radius 2 is 1.73 bits per heavy atom. The molecule has 0 heterocycles. The van der Waals surface area contributed by atoms with Crippen molar-refractivity contribution in [2.45, 2.75) is 19.0 Å². The van der Waals surface area contributed by atoms with E-state index < -0.39 is 16.9 Å². The summed E-state index contributed by atoms with van der Waals surface area (Å²) in [5, 5.41) is 16.5. The van der Waals surface area contributed by atoms with Crippen LogP contribution in [0.1, 0.15) is 22.3 Å². The van der Waals surface area contributed by atoms with Gasteiger partial charge in [-0.1, -0.05) is 6.07 Å². The second-order valence-corrected chi connectivity index (χ2v) is 7.84. The number of carbonyl (C=O) groups is 2. The van der Waals surface area contributed by atoms with Gasteiger partial charge in [0.15, 0.2) is 11.5 Å². The van der Waals surface area contributed by atoms with Crippen LogP contribution in [0.25, 0.3) is 0 Å². The minimum atomic E-state index is -0.824. The molecule has 2 aromatic carbocycles. The first kappa shape index (κ1) is 25.8. The predicted octanol–water partition coefficient (Wildman–Crippen LogP) is 2.79. The van der Waals surface area contributed by atoms with Gasteiger partial charge in [-0.2, -0.15) is 11.8 Å². The number of carbonyl (C=O) groups excluding carboxylic acids is 2. The monoisotopic (exact) mass is 477 g/mol. The summed E-state index contributed by atoms with van der Waals surface area (Å²) in [4.78, 5) is 36.0. The summed E-state index contributed by atoms with van der Waals surface area (Å²) < 4.78 is 16.0. The van der Waals surface area contributed by atoms with Gasteiger partial charge in [-0.3, -0.25) is 19.7 Å². The van der Waals surface area contributed by atoms with Gasteiger partial charge in [0.25, 0.3) is 11.6 Å². The molecular weight excluding hydrogens is 450 g/mol. The van der Waals surface area contributed by atoms with Crippen LogP contribution < -0.4 is 24.8 Å². The van der Waals surface area contributed by atoms with E-state index in [9.17, 15) is 19.7 Å². The number of nitrogens with zero attached hydrogens (tertiary/aromatic N) is 1. The van der Waals surface area contributed by atoms with E-state index in [1.54, 1.807) is 12.1 Å². The number of rotatable bonds is 12. The first-order valence-corrected chi connectivity index (χ1v) is 11.3. The molecule has 0 radical (unpaired) electrons. The van der Waals surface area contributed by atoms with Gasteiger partial charge >= 0.3 is 0 Å². The third kappa shape index (κ3) is 7.01. The zero-order valence-electron chi connectivity index (χ0n) is 18.9. The fraction of sp³-hybridized carbons (Fsp3) is 0.364. The van der Waals surface area contributed by atoms with Gasteiger partial charge in [0.05, 0.1) is 26.3 Å². The van der Waals surface area contributed by atoms with Crippen LogP contribution in [-0.4, -0.2) is 56.1 Å². The molecule has 2 N–H and O–H groups in total. The summed E-state index contributed by atoms with van der Waals surface area (Å²) in [7, 11) is 4.53. The standard InChI is InChI=1S/C22H27N3O7S/c1-30-18-12-20(32-3)19(31-2)11-15(18)13-23-22(27)17(8-9-33-4)24-21(26)14-6-5-7-16(10-14)25(28)29/h5-7,10-12,17H,8-9,13H2,1-4H3,(H,23,27)(H,24,26). The maximum absolute atomic E-state index is 12.9. The van der Waals surface area contributed by atoms with Gasteiger partial charge in [-0.05, 0) is 30.6 Å². The smallest absolute Gasteiger partial charge is 0.270 e. The molecule has 0 aliphatic carbocycles. The van der Waals surface area contributed by atoms with Crippen molar-refractivity contribution in [1.29, 1.82) is 0 Å². The highest BCUT2D eigenvalue weighted by atomic mass is 32.2. The second kappa shape index (κ2) is 12.5. The van der Waals surface area contributed by atoms with Crippen molar-refractivity contribution in [3.8, 4) is 17.2 Å². The molecule has 0 aliphatic heterocycles. The Labute approximate surface area is 196 Å². The van der Waals surface area contributed by atoms with Crippen molar-refractivity contribution in [3.05, 3.63) is 57.6 Å². The maximum Gasteiger partial charge on any atom is 0.270 e. The van der Waals surface area contributed by atoms with Gasteiger partial charge in [0.2, 0.25) is 5.91 Å². The zero-order valence-corrected chi connectivity index (χ0v) is 19.7. The molecule has 2 rings (SSSR count). The number of methoxy groups -OCH3 is 3. The Balaban J connectivity index is 2.15. The number of thioether (sulfide) groups is 1. The predicted molar refractivity (Wildman–Crippen MR) is 125 cm³/mol. The molecule has 0 fully saturated rings. The molecule has 0 saturated carbocycles. The minimum absolute atomic E-state index is 0.104. The molecule has 0 aliphatic rings. The summed E-state index contributed by atoms with van der Waals surface area (Å²) in [5.74, 6) is 1.16. The molecule has 0 saturated heterocycles. The van der Waals surface area contributed by atoms with E-state index >= 15 is 0 Å². The van der Waals surface area contributed by atoms with E-state index in [-0.39, 0.29) is 23.7 Å². The number of amides is 2. The second-order valence-electron chi connectivity index (χ2n) is 6.85. The van der Waals surface area contributed by atoms with Crippen molar-refractivity contribution >= 4 is 29.3 Å². The molecule has 33 heavy (non-hydrogen) atoms. The average Bonchev–Trinajstić information content (AvgIpc) is 2.84. The lowest BCUT2D eigenvalue weighted by molar-refractivity contribution is -0.384. The third-order valence-electron chi connectivity index (χ3n) is 4.79. The molecule has 2 aromatic rings. The number of benzene rings is 2. The van der Waals surface area contributed by atoms with Crippen molar-refractivity contribution in [2.75, 3.05) is 33.3 Å². The number of nitrogens with one attached hydrogen (secondary N) is 2. The molecule has 0 bridgehead atoms. The van der Waals surface area contributed by atoms with Crippen LogP contribution in [-0.2, 0) is 11.3 Å². The highest BCUT2D eigenvalue weighted by Gasteiger charge is 2.23. The van der Waals surface area contributed by atoms with Crippen LogP contribution in [0, 0.1) is 10.1 Å². The van der Waals surface area contributed by atoms with Crippen LogP contribution in [0.4, 0.5) is 5.69 Å². The van der Waals surface area contributed by atoms with E-state index in [2.05, 4.69) is 10.6 Å². The highest BCUT2D eigenvalue weighted by Crippen LogP contribution is 2.34. The number of hydrogen-bond acceptors (Lipinski definition) is 8. The molecule has 1 atom stereocenters. The summed E-state index contributed by atoms with van der Waals surface area (Å²) in [5.41, 5.74) is 0.568. The summed E-state index contributed by atoms with van der Waals surface area (Å²) in [6.07, 6.45) is 2.28. The van der Waals surface area contributed by atoms with Crippen LogP contribution in [0.3, 0.4) is 0 Å². The summed E-state index contributed by atoms with van der Waals surface area (Å²) in [6, 6.07) is 7.90. The van der Waals surface area contributed by atoms with Crippen molar-refractivity contribution < 1.29 is 28.7 Å². The van der Waals surface area contributed by atoms with Gasteiger partial charge in [0.1, 0.15) is 11.8 Å². The Morgan fingerprint density at radius 1 is 1.06 bits per heavy atom. The van der Waals surface area contributed by atoms with Gasteiger partial charge in [0, 0.05) is 35.9 Å². The number of nitro groups is 1. The first-order valence-electron chi connectivity index (χ1n) is 9.95. The quantitative estimate of drug-likeness (QED) is 0.353. The number of ether oxygens (including phenoxy) is 3. The average molecular weight is 478 g/mol. The van der Waals surface area contributed by atoms with Crippen LogP contribution in [0.15, 0.2) is 36.4 Å². The molecule has 178 valence electrons. The number of nitro benzene ring substituents is 1. The van der Waals surface area contributed by atoms with Crippen molar-refractivity contribution in [1.82, 2.24) is 10.6 Å². The van der Waals surface area contributed by atoms with E-state index in [0.29, 0.717) is 35.0 Å². The summed E-state index contributed by atoms with van der Waals surface area (Å²) >= 11 is 1.54. The van der Waals surface area contributed by atoms with E-state index in [0.717, 1.165) is 0 Å². The first-order chi connectivity index (χ1) is 15.8. The molecule has 1 unspecified atom stereocenters. The SMILES string of the molecule is COc1cc(OC)c(OC)cc1CNC(=O)C(CCSC)NC(=O)c1cccc([N+](=O)[O-])c1. The molecule has 2 amide bonds. The third-order valence-corrected chi connectivity index (χ3v) is 5.44. The summed E-state index contributed by atoms with van der Waals surface area (Å²) in [6.45, 7) is 0.130. The lowest BCUT2D eigenvalue weighted by atomic mass is 10.1. The molecule has 10 nitrogen and oxygen atoms in total. The van der Waals surface area contributed by atoms with Crippen molar-refractivity contribution in [2.24, 2.45) is 0 Å². The van der Waals surface area contributed by atoms with Gasteiger partial charge < -0.3 is 24.8 Å². The molecule has 0 spiro atoms. The van der Waals surface area contributed by atoms with Crippen molar-refractivity contribution in [3.63, 3.8) is 0 Å². The van der Waals surface area contributed by atoms with E-state index in [4.69, 9.17) is 14.2 Å². The molecule has 11 heteroatoms. The van der Waals surface area contributed by atoms with E-state index in [1.807, 2.05) is 6.26 Å². The Morgan fingerprint density at radius 3 is 2.33 bits per heavy atom. The van der Waals surface area contributed by atoms with Gasteiger partial charge in [-0.15, -0.1) is 0 Å². The number of non-ortho nitro benzene ring substituents is 1. The molecule has 0 aromatic heterocycles. The minimum Gasteiger partial charge on any atom is -0.496 e. The Bertz CT molecular complexity index is 1000. The van der Waals surface area contributed by atoms with Gasteiger partial charge in [-0.25, -0.2) is 0 Å². The largest absolute Gasteiger partial charge is 0.496 e. The lowest BCUT2D eigenvalue weighted by Gasteiger charge is -2.19. The maximum atomic E-state index is 12.9. The fourth-order valence-electron chi connectivity index (χ4n) is 3.04. The van der Waals surface area contributed by atoms with Crippen LogP contribution >= 0.6 is 11.8 Å².